The molecular formula is C11H22BN3O2. The van der Waals surface area contributed by atoms with Crippen LogP contribution in [0.2, 0.25) is 6.82 Å². The monoisotopic (exact) mass is 239 g/mol. The number of amides is 1. The molecule has 96 valence electrons. The molecule has 2 saturated heterocycles. The van der Waals surface area contributed by atoms with Crippen molar-refractivity contribution in [3.8, 4) is 0 Å². The Bertz CT molecular complexity index is 269. The number of hydrogen-bond donors (Lipinski definition) is 3. The van der Waals surface area contributed by atoms with Crippen molar-refractivity contribution >= 4 is 12.8 Å². The molecule has 5 nitrogen and oxygen atoms in total. The third kappa shape index (κ3) is 3.21. The number of hydrogen-bond acceptors (Lipinski definition) is 4. The fourth-order valence-corrected chi connectivity index (χ4v) is 2.77. The van der Waals surface area contributed by atoms with Crippen LogP contribution in [0, 0.1) is 0 Å². The van der Waals surface area contributed by atoms with Gasteiger partial charge in [0.05, 0.1) is 6.54 Å². The van der Waals surface area contributed by atoms with Gasteiger partial charge in [-0.25, -0.2) is 0 Å². The van der Waals surface area contributed by atoms with E-state index >= 15 is 0 Å². The van der Waals surface area contributed by atoms with E-state index in [1.807, 2.05) is 4.90 Å². The molecule has 2 aliphatic rings. The Hall–Kier alpha value is -0.585. The van der Waals surface area contributed by atoms with Gasteiger partial charge in [0.2, 0.25) is 5.91 Å². The average molecular weight is 239 g/mol. The van der Waals surface area contributed by atoms with Crippen LogP contribution in [-0.2, 0) is 4.79 Å². The molecule has 0 saturated carbocycles. The molecule has 2 heterocycles. The second kappa shape index (κ2) is 5.84. The maximum atomic E-state index is 12.0. The van der Waals surface area contributed by atoms with Crippen LogP contribution in [0.1, 0.15) is 19.3 Å². The SMILES string of the molecule is CB(O)[C@@H]1CCCN1C(=O)CN[C@@H]1CCNC1. The predicted octanol–water partition coefficient (Wildman–Crippen LogP) is -0.918. The number of nitrogens with one attached hydrogen (secondary N) is 2. The highest BCUT2D eigenvalue weighted by atomic mass is 16.2. The maximum absolute atomic E-state index is 12.0. The first kappa shape index (κ1) is 12.9. The van der Waals surface area contributed by atoms with Crippen molar-refractivity contribution in [2.24, 2.45) is 0 Å². The van der Waals surface area contributed by atoms with Crippen molar-refractivity contribution in [2.75, 3.05) is 26.2 Å². The summed E-state index contributed by atoms with van der Waals surface area (Å²) in [6.07, 6.45) is 3.02. The fourth-order valence-electron chi connectivity index (χ4n) is 2.77. The summed E-state index contributed by atoms with van der Waals surface area (Å²) < 4.78 is 0. The average Bonchev–Trinajstić information content (AvgIpc) is 2.96. The van der Waals surface area contributed by atoms with Crippen molar-refractivity contribution < 1.29 is 9.82 Å². The highest BCUT2D eigenvalue weighted by Crippen LogP contribution is 2.18. The van der Waals surface area contributed by atoms with Gasteiger partial charge >= 0.3 is 6.92 Å². The maximum Gasteiger partial charge on any atom is 0.309 e. The molecule has 2 rings (SSSR count). The molecule has 0 aliphatic carbocycles. The fraction of sp³-hybridized carbons (Fsp3) is 0.909. The van der Waals surface area contributed by atoms with Crippen molar-refractivity contribution in [1.29, 1.82) is 0 Å². The summed E-state index contributed by atoms with van der Waals surface area (Å²) in [5.74, 6) is 0.145. The van der Waals surface area contributed by atoms with E-state index in [1.165, 1.54) is 0 Å². The van der Waals surface area contributed by atoms with Crippen LogP contribution in [0.4, 0.5) is 0 Å². The molecular weight excluding hydrogens is 217 g/mol. The zero-order chi connectivity index (χ0) is 12.3. The molecule has 2 aliphatic heterocycles. The zero-order valence-corrected chi connectivity index (χ0v) is 10.5. The van der Waals surface area contributed by atoms with Gasteiger partial charge in [-0.15, -0.1) is 0 Å². The van der Waals surface area contributed by atoms with E-state index in [-0.39, 0.29) is 11.8 Å². The molecule has 1 amide bonds. The van der Waals surface area contributed by atoms with Gasteiger partial charge < -0.3 is 20.6 Å². The van der Waals surface area contributed by atoms with E-state index in [1.54, 1.807) is 6.82 Å². The molecule has 0 aromatic heterocycles. The summed E-state index contributed by atoms with van der Waals surface area (Å²) >= 11 is 0. The largest absolute Gasteiger partial charge is 0.449 e. The number of nitrogens with zero attached hydrogens (tertiary/aromatic N) is 1. The van der Waals surface area contributed by atoms with Crippen molar-refractivity contribution in [2.45, 2.75) is 38.1 Å². The predicted molar refractivity (Wildman–Crippen MR) is 67.8 cm³/mol. The standard InChI is InChI=1S/C11H22BN3O2/c1-12(17)10-3-2-6-15(10)11(16)8-14-9-4-5-13-7-9/h9-10,13-14,17H,2-8H2,1H3/t9-,10+/m1/s1. The number of carbonyl (C=O) groups is 1. The Kier molecular flexibility index (Phi) is 4.42. The molecule has 0 aromatic rings. The quantitative estimate of drug-likeness (QED) is 0.555. The van der Waals surface area contributed by atoms with Crippen LogP contribution in [0.15, 0.2) is 0 Å². The van der Waals surface area contributed by atoms with Gasteiger partial charge in [-0.2, -0.15) is 0 Å². The summed E-state index contributed by atoms with van der Waals surface area (Å²) in [5, 5.41) is 16.2. The lowest BCUT2D eigenvalue weighted by Crippen LogP contribution is -2.48. The molecule has 0 radical (unpaired) electrons. The van der Waals surface area contributed by atoms with Crippen LogP contribution in [0.25, 0.3) is 0 Å². The van der Waals surface area contributed by atoms with Gasteiger partial charge in [0, 0.05) is 25.1 Å². The van der Waals surface area contributed by atoms with Gasteiger partial charge in [0.1, 0.15) is 0 Å². The van der Waals surface area contributed by atoms with Gasteiger partial charge in [-0.05, 0) is 25.8 Å². The molecule has 0 spiro atoms. The third-order valence-corrected chi connectivity index (χ3v) is 3.78. The Labute approximate surface area is 103 Å². The van der Waals surface area contributed by atoms with Crippen LogP contribution >= 0.6 is 0 Å². The summed E-state index contributed by atoms with van der Waals surface area (Å²) in [4.78, 5) is 13.9. The minimum Gasteiger partial charge on any atom is -0.449 e. The lowest BCUT2D eigenvalue weighted by Gasteiger charge is -2.26. The summed E-state index contributed by atoms with van der Waals surface area (Å²) in [6, 6.07) is 0.423. The van der Waals surface area contributed by atoms with Crippen LogP contribution in [0.3, 0.4) is 0 Å². The third-order valence-electron chi connectivity index (χ3n) is 3.78. The van der Waals surface area contributed by atoms with E-state index < -0.39 is 6.92 Å². The lowest BCUT2D eigenvalue weighted by atomic mass is 9.62. The molecule has 3 N–H and O–H groups in total. The summed E-state index contributed by atoms with van der Waals surface area (Å²) in [6.45, 7) is 4.52. The normalized spacial score (nSPS) is 28.7. The molecule has 2 atom stereocenters. The topological polar surface area (TPSA) is 64.6 Å². The second-order valence-electron chi connectivity index (χ2n) is 5.11. The van der Waals surface area contributed by atoms with E-state index in [0.717, 1.165) is 38.9 Å². The molecule has 2 fully saturated rings. The van der Waals surface area contributed by atoms with E-state index in [2.05, 4.69) is 10.6 Å². The number of likely N-dealkylation sites (tertiary alicyclic amines) is 1. The smallest absolute Gasteiger partial charge is 0.309 e. The number of rotatable bonds is 4. The second-order valence-corrected chi connectivity index (χ2v) is 5.11. The van der Waals surface area contributed by atoms with Crippen molar-refractivity contribution in [3.05, 3.63) is 0 Å². The molecule has 17 heavy (non-hydrogen) atoms. The first-order valence-electron chi connectivity index (χ1n) is 6.60. The Morgan fingerprint density at radius 1 is 1.59 bits per heavy atom. The van der Waals surface area contributed by atoms with Crippen LogP contribution in [-0.4, -0.2) is 60.9 Å². The lowest BCUT2D eigenvalue weighted by molar-refractivity contribution is -0.130. The van der Waals surface area contributed by atoms with Crippen LogP contribution < -0.4 is 10.6 Å². The Morgan fingerprint density at radius 3 is 3.06 bits per heavy atom. The highest BCUT2D eigenvalue weighted by molar-refractivity contribution is 6.51. The van der Waals surface area contributed by atoms with Gasteiger partial charge in [-0.3, -0.25) is 4.79 Å². The van der Waals surface area contributed by atoms with Gasteiger partial charge in [0.15, 0.2) is 0 Å². The number of carbonyl (C=O) groups excluding carboxylic acids is 1. The molecule has 0 aromatic carbocycles. The van der Waals surface area contributed by atoms with E-state index in [4.69, 9.17) is 0 Å². The van der Waals surface area contributed by atoms with Crippen molar-refractivity contribution in [3.63, 3.8) is 0 Å². The van der Waals surface area contributed by atoms with Gasteiger partial charge in [-0.1, -0.05) is 6.82 Å². The van der Waals surface area contributed by atoms with E-state index in [9.17, 15) is 9.82 Å². The minimum atomic E-state index is -0.422. The highest BCUT2D eigenvalue weighted by Gasteiger charge is 2.33. The molecule has 0 bridgehead atoms. The summed E-state index contributed by atoms with van der Waals surface area (Å²) in [5.41, 5.74) is 0. The van der Waals surface area contributed by atoms with Crippen molar-refractivity contribution in [1.82, 2.24) is 15.5 Å². The van der Waals surface area contributed by atoms with Crippen LogP contribution in [0.5, 0.6) is 0 Å². The van der Waals surface area contributed by atoms with Gasteiger partial charge in [0.25, 0.3) is 0 Å². The Morgan fingerprint density at radius 2 is 2.41 bits per heavy atom. The first-order chi connectivity index (χ1) is 8.18. The zero-order valence-electron chi connectivity index (χ0n) is 10.5. The first-order valence-corrected chi connectivity index (χ1v) is 6.60. The molecule has 6 heteroatoms. The van der Waals surface area contributed by atoms with E-state index in [0.29, 0.717) is 12.6 Å². The Balaban J connectivity index is 1.78. The minimum absolute atomic E-state index is 0.0194. The summed E-state index contributed by atoms with van der Waals surface area (Å²) in [7, 11) is 0. The molecule has 0 unspecified atom stereocenters.